The van der Waals surface area contributed by atoms with E-state index in [1.165, 1.54) is 30.6 Å². The van der Waals surface area contributed by atoms with Crippen molar-refractivity contribution in [2.45, 2.75) is 19.7 Å². The lowest BCUT2D eigenvalue weighted by Gasteiger charge is -2.26. The number of hydrogen-bond acceptors (Lipinski definition) is 7. The molecule has 4 rings (SSSR count). The molecule has 8 nitrogen and oxygen atoms in total. The Morgan fingerprint density at radius 1 is 1.09 bits per heavy atom. The summed E-state index contributed by atoms with van der Waals surface area (Å²) in [5.41, 5.74) is 1.36. The second kappa shape index (κ2) is 9.53. The Bertz CT molecular complexity index is 1030. The molecule has 2 aromatic heterocycles. The van der Waals surface area contributed by atoms with Gasteiger partial charge in [-0.25, -0.2) is 15.0 Å². The average Bonchev–Trinajstić information content (AvgIpc) is 3.23. The summed E-state index contributed by atoms with van der Waals surface area (Å²) >= 11 is 0. The van der Waals surface area contributed by atoms with Crippen molar-refractivity contribution in [1.29, 1.82) is 0 Å². The van der Waals surface area contributed by atoms with Crippen molar-refractivity contribution in [3.8, 4) is 11.6 Å². The summed E-state index contributed by atoms with van der Waals surface area (Å²) in [5, 5.41) is 3.12. The van der Waals surface area contributed by atoms with Crippen LogP contribution in [0, 0.1) is 6.92 Å². The molecule has 0 spiro atoms. The molecule has 32 heavy (non-hydrogen) atoms. The number of imidazole rings is 1. The summed E-state index contributed by atoms with van der Waals surface area (Å²) < 4.78 is 48.3. The van der Waals surface area contributed by atoms with Crippen LogP contribution in [-0.2, 0) is 11.2 Å². The number of benzene rings is 1. The summed E-state index contributed by atoms with van der Waals surface area (Å²) in [5.74, 6) is 1.84. The molecule has 1 saturated heterocycles. The van der Waals surface area contributed by atoms with Gasteiger partial charge in [0.05, 0.1) is 13.2 Å². The highest BCUT2D eigenvalue weighted by Gasteiger charge is 2.31. The molecule has 1 aromatic carbocycles. The number of hydrogen-bond donors (Lipinski definition) is 1. The van der Waals surface area contributed by atoms with Gasteiger partial charge in [0.25, 0.3) is 0 Å². The molecule has 0 atom stereocenters. The van der Waals surface area contributed by atoms with Crippen LogP contribution in [-0.4, -0.2) is 63.6 Å². The first kappa shape index (κ1) is 22.0. The van der Waals surface area contributed by atoms with Crippen LogP contribution in [0.1, 0.15) is 11.4 Å². The van der Waals surface area contributed by atoms with Crippen molar-refractivity contribution < 1.29 is 22.6 Å². The minimum Gasteiger partial charge on any atom is -0.406 e. The number of alkyl halides is 3. The van der Waals surface area contributed by atoms with E-state index in [2.05, 4.69) is 29.9 Å². The standard InChI is InChI=1S/C21H23F3N6O2/c1-15-19(28-16-2-4-17(5-3-16)32-21(22,23)24)26-14-27-20(15)30-9-7-25-18(30)6-8-29-10-12-31-13-11-29/h2-5,7,9,14H,6,8,10-13H2,1H3,(H,26,27,28). The van der Waals surface area contributed by atoms with E-state index in [1.54, 1.807) is 6.20 Å². The zero-order valence-corrected chi connectivity index (χ0v) is 17.5. The maximum Gasteiger partial charge on any atom is 0.573 e. The summed E-state index contributed by atoms with van der Waals surface area (Å²) in [4.78, 5) is 15.5. The fourth-order valence-electron chi connectivity index (χ4n) is 3.48. The molecule has 0 saturated carbocycles. The number of nitrogens with zero attached hydrogens (tertiary/aromatic N) is 5. The fourth-order valence-corrected chi connectivity index (χ4v) is 3.48. The Morgan fingerprint density at radius 2 is 1.84 bits per heavy atom. The second-order valence-electron chi connectivity index (χ2n) is 7.29. The zero-order valence-electron chi connectivity index (χ0n) is 17.5. The van der Waals surface area contributed by atoms with Crippen LogP contribution in [0.3, 0.4) is 0 Å². The van der Waals surface area contributed by atoms with Crippen molar-refractivity contribution >= 4 is 11.5 Å². The monoisotopic (exact) mass is 448 g/mol. The van der Waals surface area contributed by atoms with Crippen LogP contribution in [0.5, 0.6) is 5.75 Å². The van der Waals surface area contributed by atoms with Gasteiger partial charge < -0.3 is 14.8 Å². The van der Waals surface area contributed by atoms with Gasteiger partial charge in [0.1, 0.15) is 29.5 Å². The highest BCUT2D eigenvalue weighted by Crippen LogP contribution is 2.27. The summed E-state index contributed by atoms with van der Waals surface area (Å²) in [6.45, 7) is 6.07. The average molecular weight is 448 g/mol. The Kier molecular flexibility index (Phi) is 6.56. The Balaban J connectivity index is 1.48. The van der Waals surface area contributed by atoms with Crippen molar-refractivity contribution in [3.05, 3.63) is 54.4 Å². The second-order valence-corrected chi connectivity index (χ2v) is 7.29. The smallest absolute Gasteiger partial charge is 0.406 e. The van der Waals surface area contributed by atoms with E-state index in [4.69, 9.17) is 4.74 Å². The molecule has 11 heteroatoms. The van der Waals surface area contributed by atoms with Crippen molar-refractivity contribution in [3.63, 3.8) is 0 Å². The molecule has 0 radical (unpaired) electrons. The van der Waals surface area contributed by atoms with Crippen molar-refractivity contribution in [2.75, 3.05) is 38.2 Å². The number of ether oxygens (including phenoxy) is 2. The van der Waals surface area contributed by atoms with Crippen LogP contribution >= 0.6 is 0 Å². The van der Waals surface area contributed by atoms with Gasteiger partial charge in [-0.05, 0) is 31.2 Å². The number of aromatic nitrogens is 4. The van der Waals surface area contributed by atoms with Crippen LogP contribution in [0.15, 0.2) is 43.0 Å². The third-order valence-electron chi connectivity index (χ3n) is 5.11. The maximum atomic E-state index is 12.3. The van der Waals surface area contributed by atoms with Gasteiger partial charge >= 0.3 is 6.36 Å². The van der Waals surface area contributed by atoms with Gasteiger partial charge in [-0.2, -0.15) is 0 Å². The molecule has 1 aliphatic rings. The van der Waals surface area contributed by atoms with Crippen molar-refractivity contribution in [2.24, 2.45) is 0 Å². The van der Waals surface area contributed by atoms with Gasteiger partial charge in [0, 0.05) is 49.7 Å². The normalized spacial score (nSPS) is 15.0. The summed E-state index contributed by atoms with van der Waals surface area (Å²) in [7, 11) is 0. The Hall–Kier alpha value is -3.18. The molecule has 1 aliphatic heterocycles. The molecule has 0 aliphatic carbocycles. The first-order valence-corrected chi connectivity index (χ1v) is 10.2. The molecular weight excluding hydrogens is 425 g/mol. The number of morpholine rings is 1. The third-order valence-corrected chi connectivity index (χ3v) is 5.11. The zero-order chi connectivity index (χ0) is 22.6. The number of nitrogens with one attached hydrogen (secondary N) is 1. The number of rotatable bonds is 7. The van der Waals surface area contributed by atoms with E-state index in [0.29, 0.717) is 17.3 Å². The topological polar surface area (TPSA) is 77.3 Å². The lowest BCUT2D eigenvalue weighted by molar-refractivity contribution is -0.274. The molecular formula is C21H23F3N6O2. The molecule has 0 bridgehead atoms. The van der Waals surface area contributed by atoms with Gasteiger partial charge in [-0.15, -0.1) is 13.2 Å². The Morgan fingerprint density at radius 3 is 2.56 bits per heavy atom. The lowest BCUT2D eigenvalue weighted by atomic mass is 10.2. The predicted octanol–water partition coefficient (Wildman–Crippen LogP) is 3.49. The molecule has 0 unspecified atom stereocenters. The third kappa shape index (κ3) is 5.54. The van der Waals surface area contributed by atoms with E-state index >= 15 is 0 Å². The Labute approximate surface area is 183 Å². The van der Waals surface area contributed by atoms with E-state index in [-0.39, 0.29) is 5.75 Å². The summed E-state index contributed by atoms with van der Waals surface area (Å²) in [6.07, 6.45) is 1.08. The predicted molar refractivity (Wildman–Crippen MR) is 111 cm³/mol. The van der Waals surface area contributed by atoms with Gasteiger partial charge in [-0.3, -0.25) is 9.47 Å². The molecule has 3 heterocycles. The van der Waals surface area contributed by atoms with Crippen LogP contribution in [0.2, 0.25) is 0 Å². The van der Waals surface area contributed by atoms with E-state index in [0.717, 1.165) is 50.7 Å². The minimum absolute atomic E-state index is 0.286. The first-order chi connectivity index (χ1) is 15.4. The summed E-state index contributed by atoms with van der Waals surface area (Å²) in [6, 6.07) is 5.47. The van der Waals surface area contributed by atoms with Gasteiger partial charge in [-0.1, -0.05) is 0 Å². The molecule has 170 valence electrons. The molecule has 3 aromatic rings. The van der Waals surface area contributed by atoms with Gasteiger partial charge in [0.15, 0.2) is 0 Å². The highest BCUT2D eigenvalue weighted by atomic mass is 19.4. The largest absolute Gasteiger partial charge is 0.573 e. The quantitative estimate of drug-likeness (QED) is 0.593. The van der Waals surface area contributed by atoms with E-state index < -0.39 is 6.36 Å². The fraction of sp³-hybridized carbons (Fsp3) is 0.381. The molecule has 1 fully saturated rings. The van der Waals surface area contributed by atoms with Crippen LogP contribution in [0.25, 0.3) is 5.82 Å². The maximum absolute atomic E-state index is 12.3. The number of halogens is 3. The van der Waals surface area contributed by atoms with Crippen molar-refractivity contribution in [1.82, 2.24) is 24.4 Å². The SMILES string of the molecule is Cc1c(Nc2ccc(OC(F)(F)F)cc2)ncnc1-n1ccnc1CCN1CCOCC1. The number of anilines is 2. The highest BCUT2D eigenvalue weighted by molar-refractivity contribution is 5.62. The van der Waals surface area contributed by atoms with E-state index in [1.807, 2.05) is 17.7 Å². The van der Waals surface area contributed by atoms with Crippen LogP contribution < -0.4 is 10.1 Å². The molecule has 1 N–H and O–H groups in total. The molecule has 0 amide bonds. The van der Waals surface area contributed by atoms with E-state index in [9.17, 15) is 13.2 Å². The van der Waals surface area contributed by atoms with Gasteiger partial charge in [0.2, 0.25) is 0 Å². The van der Waals surface area contributed by atoms with Crippen LogP contribution in [0.4, 0.5) is 24.7 Å². The minimum atomic E-state index is -4.72. The lowest BCUT2D eigenvalue weighted by Crippen LogP contribution is -2.37. The first-order valence-electron chi connectivity index (χ1n) is 10.2.